The van der Waals surface area contributed by atoms with Crippen LogP contribution in [-0.4, -0.2) is 22.9 Å². The first kappa shape index (κ1) is 12.8. The molecule has 6 nitrogen and oxygen atoms in total. The third-order valence-corrected chi connectivity index (χ3v) is 3.31. The van der Waals surface area contributed by atoms with Gasteiger partial charge in [0.1, 0.15) is 5.82 Å². The highest BCUT2D eigenvalue weighted by molar-refractivity contribution is 6.32. The van der Waals surface area contributed by atoms with Crippen molar-refractivity contribution in [2.45, 2.75) is 13.3 Å². The fraction of sp³-hybridized carbons (Fsp3) is 0.231. The zero-order valence-electron chi connectivity index (χ0n) is 10.7. The Balaban J connectivity index is 1.86. The van der Waals surface area contributed by atoms with E-state index in [0.29, 0.717) is 27.9 Å². The molecule has 1 aromatic heterocycles. The zero-order valence-corrected chi connectivity index (χ0v) is 11.5. The Morgan fingerprint density at radius 3 is 3.15 bits per heavy atom. The van der Waals surface area contributed by atoms with Gasteiger partial charge in [-0.05, 0) is 18.6 Å². The molecular formula is C13H12ClN3O3. The second kappa shape index (κ2) is 5.05. The number of ether oxygens (including phenoxy) is 2. The van der Waals surface area contributed by atoms with Crippen LogP contribution < -0.4 is 14.8 Å². The number of aromatic amines is 1. The molecule has 0 aliphatic carbocycles. The van der Waals surface area contributed by atoms with Crippen molar-refractivity contribution in [2.75, 3.05) is 12.1 Å². The molecule has 20 heavy (non-hydrogen) atoms. The maximum absolute atomic E-state index is 12.2. The van der Waals surface area contributed by atoms with Crippen LogP contribution in [0.1, 0.15) is 22.8 Å². The summed E-state index contributed by atoms with van der Waals surface area (Å²) in [7, 11) is 0. The van der Waals surface area contributed by atoms with Crippen LogP contribution >= 0.6 is 11.6 Å². The lowest BCUT2D eigenvalue weighted by Gasteiger charge is -2.06. The molecule has 1 aliphatic heterocycles. The molecule has 0 radical (unpaired) electrons. The molecule has 0 fully saturated rings. The van der Waals surface area contributed by atoms with Crippen LogP contribution in [0.3, 0.4) is 0 Å². The van der Waals surface area contributed by atoms with Crippen LogP contribution in [0.4, 0.5) is 5.82 Å². The Bertz CT molecular complexity index is 669. The Morgan fingerprint density at radius 1 is 1.50 bits per heavy atom. The van der Waals surface area contributed by atoms with Gasteiger partial charge >= 0.3 is 0 Å². The van der Waals surface area contributed by atoms with Crippen molar-refractivity contribution in [3.63, 3.8) is 0 Å². The molecule has 0 saturated carbocycles. The number of aryl methyl sites for hydroxylation is 1. The highest BCUT2D eigenvalue weighted by Crippen LogP contribution is 2.39. The molecule has 104 valence electrons. The highest BCUT2D eigenvalue weighted by atomic mass is 35.5. The highest BCUT2D eigenvalue weighted by Gasteiger charge is 2.21. The van der Waals surface area contributed by atoms with Crippen LogP contribution in [0.25, 0.3) is 0 Å². The maximum atomic E-state index is 12.2. The topological polar surface area (TPSA) is 76.2 Å². The van der Waals surface area contributed by atoms with Crippen molar-refractivity contribution >= 4 is 23.3 Å². The molecule has 2 N–H and O–H groups in total. The average molecular weight is 294 g/mol. The number of H-pyrrole nitrogens is 1. The number of anilines is 1. The monoisotopic (exact) mass is 293 g/mol. The number of carbonyl (C=O) groups is 1. The van der Waals surface area contributed by atoms with Crippen LogP contribution in [0.5, 0.6) is 11.5 Å². The Morgan fingerprint density at radius 2 is 2.35 bits per heavy atom. The average Bonchev–Trinajstić information content (AvgIpc) is 3.06. The normalized spacial score (nSPS) is 12.5. The molecule has 0 saturated heterocycles. The summed E-state index contributed by atoms with van der Waals surface area (Å²) in [5, 5.41) is 9.77. The molecular weight excluding hydrogens is 282 g/mol. The molecule has 0 unspecified atom stereocenters. The smallest absolute Gasteiger partial charge is 0.257 e. The van der Waals surface area contributed by atoms with E-state index in [1.165, 1.54) is 0 Å². The summed E-state index contributed by atoms with van der Waals surface area (Å²) < 4.78 is 10.4. The minimum Gasteiger partial charge on any atom is -0.454 e. The van der Waals surface area contributed by atoms with Crippen molar-refractivity contribution in [3.05, 3.63) is 34.5 Å². The molecule has 1 aromatic carbocycles. The fourth-order valence-corrected chi connectivity index (χ4v) is 2.24. The molecule has 1 aliphatic rings. The number of carbonyl (C=O) groups excluding carboxylic acids is 1. The molecule has 0 spiro atoms. The number of nitrogens with one attached hydrogen (secondary N) is 2. The van der Waals surface area contributed by atoms with Gasteiger partial charge in [0.2, 0.25) is 6.79 Å². The van der Waals surface area contributed by atoms with E-state index >= 15 is 0 Å². The van der Waals surface area contributed by atoms with E-state index in [0.717, 1.165) is 12.0 Å². The molecule has 1 amide bonds. The number of aromatic nitrogens is 2. The standard InChI is InChI=1S/C13H12ClN3O3/c1-2-7-5-15-17-12(7)16-13(18)8-3-9(14)11-10(4-8)19-6-20-11/h3-5H,2,6H2,1H3,(H2,15,16,17,18). The van der Waals surface area contributed by atoms with Gasteiger partial charge in [0.05, 0.1) is 11.2 Å². The predicted octanol–water partition coefficient (Wildman–Crippen LogP) is 2.61. The number of hydrogen-bond donors (Lipinski definition) is 2. The summed E-state index contributed by atoms with van der Waals surface area (Å²) in [6.07, 6.45) is 2.45. The Labute approximate surface area is 120 Å². The zero-order chi connectivity index (χ0) is 14.1. The first-order valence-corrected chi connectivity index (χ1v) is 6.49. The molecule has 0 bridgehead atoms. The van der Waals surface area contributed by atoms with E-state index in [4.69, 9.17) is 21.1 Å². The van der Waals surface area contributed by atoms with Crippen LogP contribution in [0.15, 0.2) is 18.3 Å². The number of rotatable bonds is 3. The van der Waals surface area contributed by atoms with Crippen molar-refractivity contribution in [3.8, 4) is 11.5 Å². The quantitative estimate of drug-likeness (QED) is 0.912. The van der Waals surface area contributed by atoms with Crippen molar-refractivity contribution in [2.24, 2.45) is 0 Å². The van der Waals surface area contributed by atoms with Gasteiger partial charge in [0.25, 0.3) is 5.91 Å². The number of halogens is 1. The van der Waals surface area contributed by atoms with Gasteiger partial charge in [0.15, 0.2) is 11.5 Å². The van der Waals surface area contributed by atoms with Gasteiger partial charge in [-0.15, -0.1) is 0 Å². The third-order valence-electron chi connectivity index (χ3n) is 3.03. The summed E-state index contributed by atoms with van der Waals surface area (Å²) in [4.78, 5) is 12.2. The lowest BCUT2D eigenvalue weighted by molar-refractivity contribution is 0.102. The van der Waals surface area contributed by atoms with E-state index in [1.807, 2.05) is 6.92 Å². The summed E-state index contributed by atoms with van der Waals surface area (Å²) in [5.41, 5.74) is 1.33. The molecule has 7 heteroatoms. The predicted molar refractivity (Wildman–Crippen MR) is 73.5 cm³/mol. The van der Waals surface area contributed by atoms with Crippen molar-refractivity contribution in [1.29, 1.82) is 0 Å². The van der Waals surface area contributed by atoms with E-state index in [-0.39, 0.29) is 12.7 Å². The van der Waals surface area contributed by atoms with Crippen LogP contribution in [0, 0.1) is 0 Å². The maximum Gasteiger partial charge on any atom is 0.257 e. The van der Waals surface area contributed by atoms with Crippen LogP contribution in [-0.2, 0) is 6.42 Å². The van der Waals surface area contributed by atoms with E-state index < -0.39 is 0 Å². The van der Waals surface area contributed by atoms with E-state index in [9.17, 15) is 4.79 Å². The number of hydrogen-bond acceptors (Lipinski definition) is 4. The lowest BCUT2D eigenvalue weighted by Crippen LogP contribution is -2.13. The van der Waals surface area contributed by atoms with E-state index in [2.05, 4.69) is 15.5 Å². The second-order valence-electron chi connectivity index (χ2n) is 4.27. The minimum absolute atomic E-state index is 0.112. The summed E-state index contributed by atoms with van der Waals surface area (Å²) in [6.45, 7) is 2.10. The van der Waals surface area contributed by atoms with Gasteiger partial charge in [0, 0.05) is 11.1 Å². The largest absolute Gasteiger partial charge is 0.454 e. The fourth-order valence-electron chi connectivity index (χ4n) is 1.97. The minimum atomic E-state index is -0.288. The van der Waals surface area contributed by atoms with Gasteiger partial charge in [-0.1, -0.05) is 18.5 Å². The van der Waals surface area contributed by atoms with Gasteiger partial charge in [-0.2, -0.15) is 5.10 Å². The second-order valence-corrected chi connectivity index (χ2v) is 4.68. The molecule has 2 aromatic rings. The first-order valence-electron chi connectivity index (χ1n) is 6.11. The summed E-state index contributed by atoms with van der Waals surface area (Å²) in [5.74, 6) is 1.25. The van der Waals surface area contributed by atoms with E-state index in [1.54, 1.807) is 18.3 Å². The molecule has 2 heterocycles. The Kier molecular flexibility index (Phi) is 3.23. The number of benzene rings is 1. The first-order chi connectivity index (χ1) is 9.69. The molecule has 0 atom stereocenters. The number of nitrogens with zero attached hydrogens (tertiary/aromatic N) is 1. The summed E-state index contributed by atoms with van der Waals surface area (Å²) in [6, 6.07) is 3.15. The van der Waals surface area contributed by atoms with Gasteiger partial charge in [-0.25, -0.2) is 0 Å². The van der Waals surface area contributed by atoms with Crippen LogP contribution in [0.2, 0.25) is 5.02 Å². The number of fused-ring (bicyclic) bond motifs is 1. The molecule has 3 rings (SSSR count). The van der Waals surface area contributed by atoms with Gasteiger partial charge in [-0.3, -0.25) is 9.89 Å². The summed E-state index contributed by atoms with van der Waals surface area (Å²) >= 11 is 6.05. The Hall–Kier alpha value is -2.21. The van der Waals surface area contributed by atoms with Crippen molar-refractivity contribution in [1.82, 2.24) is 10.2 Å². The lowest BCUT2D eigenvalue weighted by atomic mass is 10.2. The number of amides is 1. The van der Waals surface area contributed by atoms with Gasteiger partial charge < -0.3 is 14.8 Å². The SMILES string of the molecule is CCc1cn[nH]c1NC(=O)c1cc(Cl)c2c(c1)OCO2. The van der Waals surface area contributed by atoms with Crippen molar-refractivity contribution < 1.29 is 14.3 Å². The third kappa shape index (κ3) is 2.18.